The van der Waals surface area contributed by atoms with Crippen molar-refractivity contribution in [3.63, 3.8) is 0 Å². The van der Waals surface area contributed by atoms with Crippen LogP contribution in [0.25, 0.3) is 0 Å². The van der Waals surface area contributed by atoms with Gasteiger partial charge >= 0.3 is 0 Å². The van der Waals surface area contributed by atoms with Gasteiger partial charge in [-0.2, -0.15) is 0 Å². The summed E-state index contributed by atoms with van der Waals surface area (Å²) in [5, 5.41) is -0.212. The minimum Gasteiger partial charge on any atom is -0.281 e. The molecule has 0 aliphatic carbocycles. The van der Waals surface area contributed by atoms with E-state index in [2.05, 4.69) is 13.8 Å². The molecule has 0 aromatic carbocycles. The van der Waals surface area contributed by atoms with Crippen molar-refractivity contribution in [2.75, 3.05) is 0 Å². The van der Waals surface area contributed by atoms with Crippen LogP contribution in [0.4, 0.5) is 0 Å². The monoisotopic (exact) mass is 148 g/mol. The molecular formula is C7H13ClO. The summed E-state index contributed by atoms with van der Waals surface area (Å²) in [5.74, 6) is 0.681. The molecule has 0 saturated carbocycles. The number of hydrogen-bond acceptors (Lipinski definition) is 1. The molecule has 0 aromatic rings. The highest BCUT2D eigenvalue weighted by atomic mass is 35.5. The summed E-state index contributed by atoms with van der Waals surface area (Å²) in [6.07, 6.45) is 2.55. The molecule has 1 nitrogen and oxygen atoms in total. The molecular weight excluding hydrogens is 136 g/mol. The standard InChI is InChI=1S/C7H13ClO/c1-6(2)4-3-5-7(8)9/h6H,3-5H2,1-2H3. The molecule has 0 aromatic heterocycles. The maximum atomic E-state index is 10.2. The highest BCUT2D eigenvalue weighted by Gasteiger charge is 1.97. The lowest BCUT2D eigenvalue weighted by atomic mass is 10.1. The van der Waals surface area contributed by atoms with Crippen LogP contribution in [-0.4, -0.2) is 5.24 Å². The van der Waals surface area contributed by atoms with E-state index in [1.807, 2.05) is 0 Å². The first kappa shape index (κ1) is 8.96. The number of hydrogen-bond donors (Lipinski definition) is 0. The van der Waals surface area contributed by atoms with Gasteiger partial charge in [0.05, 0.1) is 0 Å². The minimum absolute atomic E-state index is 0.212. The highest BCUT2D eigenvalue weighted by Crippen LogP contribution is 2.06. The Morgan fingerprint density at radius 1 is 1.56 bits per heavy atom. The molecule has 0 rings (SSSR count). The van der Waals surface area contributed by atoms with Gasteiger partial charge in [0.25, 0.3) is 0 Å². The number of halogens is 1. The lowest BCUT2D eigenvalue weighted by Gasteiger charge is -1.99. The van der Waals surface area contributed by atoms with E-state index in [1.165, 1.54) is 0 Å². The Morgan fingerprint density at radius 2 is 2.11 bits per heavy atom. The Balaban J connectivity index is 3.01. The lowest BCUT2D eigenvalue weighted by molar-refractivity contribution is -0.111. The average molecular weight is 149 g/mol. The van der Waals surface area contributed by atoms with Crippen molar-refractivity contribution >= 4 is 16.8 Å². The van der Waals surface area contributed by atoms with Gasteiger partial charge in [-0.15, -0.1) is 0 Å². The molecule has 0 fully saturated rings. The fourth-order valence-electron chi connectivity index (χ4n) is 0.649. The van der Waals surface area contributed by atoms with Crippen LogP contribution in [0, 0.1) is 5.92 Å². The Morgan fingerprint density at radius 3 is 2.44 bits per heavy atom. The van der Waals surface area contributed by atoms with E-state index in [0.717, 1.165) is 12.8 Å². The number of rotatable bonds is 4. The Labute approximate surface area is 61.4 Å². The Hall–Kier alpha value is -0.0400. The van der Waals surface area contributed by atoms with Crippen LogP contribution in [-0.2, 0) is 4.79 Å². The fraction of sp³-hybridized carbons (Fsp3) is 0.857. The molecule has 0 spiro atoms. The van der Waals surface area contributed by atoms with Crippen molar-refractivity contribution in [3.05, 3.63) is 0 Å². The summed E-state index contributed by atoms with van der Waals surface area (Å²) < 4.78 is 0. The van der Waals surface area contributed by atoms with Crippen LogP contribution in [0.1, 0.15) is 33.1 Å². The van der Waals surface area contributed by atoms with Gasteiger partial charge in [0.2, 0.25) is 5.24 Å². The molecule has 0 unspecified atom stereocenters. The van der Waals surface area contributed by atoms with Crippen molar-refractivity contribution < 1.29 is 4.79 Å². The summed E-state index contributed by atoms with van der Waals surface area (Å²) in [5.41, 5.74) is 0. The van der Waals surface area contributed by atoms with E-state index >= 15 is 0 Å². The first-order valence-electron chi connectivity index (χ1n) is 3.31. The Kier molecular flexibility index (Phi) is 4.78. The van der Waals surface area contributed by atoms with Gasteiger partial charge in [-0.05, 0) is 23.9 Å². The molecule has 9 heavy (non-hydrogen) atoms. The zero-order valence-corrected chi connectivity index (χ0v) is 6.74. The quantitative estimate of drug-likeness (QED) is 0.560. The molecule has 0 aliphatic heterocycles. The van der Waals surface area contributed by atoms with Crippen LogP contribution < -0.4 is 0 Å². The van der Waals surface area contributed by atoms with E-state index in [-0.39, 0.29) is 5.24 Å². The third kappa shape index (κ3) is 7.96. The second kappa shape index (κ2) is 4.80. The average Bonchev–Trinajstić information content (AvgIpc) is 1.63. The zero-order valence-electron chi connectivity index (χ0n) is 5.98. The van der Waals surface area contributed by atoms with Crippen LogP contribution in [0.5, 0.6) is 0 Å². The van der Waals surface area contributed by atoms with E-state index in [4.69, 9.17) is 11.6 Å². The van der Waals surface area contributed by atoms with E-state index < -0.39 is 0 Å². The van der Waals surface area contributed by atoms with E-state index in [0.29, 0.717) is 12.3 Å². The largest absolute Gasteiger partial charge is 0.281 e. The first-order valence-corrected chi connectivity index (χ1v) is 3.69. The van der Waals surface area contributed by atoms with E-state index in [1.54, 1.807) is 0 Å². The van der Waals surface area contributed by atoms with Crippen molar-refractivity contribution in [1.82, 2.24) is 0 Å². The van der Waals surface area contributed by atoms with Crippen LogP contribution in [0.2, 0.25) is 0 Å². The summed E-state index contributed by atoms with van der Waals surface area (Å²) in [6, 6.07) is 0. The Bertz CT molecular complexity index is 88.9. The zero-order chi connectivity index (χ0) is 7.28. The van der Waals surface area contributed by atoms with Gasteiger partial charge in [-0.3, -0.25) is 4.79 Å². The third-order valence-corrected chi connectivity index (χ3v) is 1.34. The molecule has 2 heteroatoms. The third-order valence-electron chi connectivity index (χ3n) is 1.15. The van der Waals surface area contributed by atoms with Crippen molar-refractivity contribution in [2.24, 2.45) is 5.92 Å². The fourth-order valence-corrected chi connectivity index (χ4v) is 0.783. The summed E-state index contributed by atoms with van der Waals surface area (Å²) >= 11 is 5.12. The van der Waals surface area contributed by atoms with Gasteiger partial charge < -0.3 is 0 Å². The predicted molar refractivity (Wildman–Crippen MR) is 39.5 cm³/mol. The smallest absolute Gasteiger partial charge is 0.221 e. The summed E-state index contributed by atoms with van der Waals surface area (Å²) in [6.45, 7) is 4.28. The van der Waals surface area contributed by atoms with Gasteiger partial charge in [0, 0.05) is 6.42 Å². The molecule has 0 atom stereocenters. The predicted octanol–water partition coefficient (Wildman–Crippen LogP) is 2.58. The van der Waals surface area contributed by atoms with Crippen LogP contribution in [0.3, 0.4) is 0 Å². The molecule has 0 N–H and O–H groups in total. The van der Waals surface area contributed by atoms with Crippen LogP contribution >= 0.6 is 11.6 Å². The molecule has 0 saturated heterocycles. The normalized spacial score (nSPS) is 10.2. The van der Waals surface area contributed by atoms with Crippen molar-refractivity contribution in [1.29, 1.82) is 0 Å². The van der Waals surface area contributed by atoms with Crippen molar-refractivity contribution in [3.8, 4) is 0 Å². The van der Waals surface area contributed by atoms with Gasteiger partial charge in [0.1, 0.15) is 0 Å². The molecule has 0 aliphatic rings. The maximum absolute atomic E-state index is 10.2. The minimum atomic E-state index is -0.212. The van der Waals surface area contributed by atoms with Gasteiger partial charge in [0.15, 0.2) is 0 Å². The topological polar surface area (TPSA) is 17.1 Å². The molecule has 54 valence electrons. The molecule has 0 radical (unpaired) electrons. The highest BCUT2D eigenvalue weighted by molar-refractivity contribution is 6.63. The second-order valence-corrected chi connectivity index (χ2v) is 3.06. The van der Waals surface area contributed by atoms with Crippen molar-refractivity contribution in [2.45, 2.75) is 33.1 Å². The van der Waals surface area contributed by atoms with E-state index in [9.17, 15) is 4.79 Å². The van der Waals surface area contributed by atoms with Gasteiger partial charge in [-0.25, -0.2) is 0 Å². The number of carbonyl (C=O) groups is 1. The summed E-state index contributed by atoms with van der Waals surface area (Å²) in [4.78, 5) is 10.2. The first-order chi connectivity index (χ1) is 4.13. The lowest BCUT2D eigenvalue weighted by Crippen LogP contribution is -1.90. The molecule has 0 bridgehead atoms. The molecule has 0 heterocycles. The van der Waals surface area contributed by atoms with Crippen LogP contribution in [0.15, 0.2) is 0 Å². The number of carbonyl (C=O) groups excluding carboxylic acids is 1. The summed E-state index contributed by atoms with van der Waals surface area (Å²) in [7, 11) is 0. The van der Waals surface area contributed by atoms with Gasteiger partial charge in [-0.1, -0.05) is 20.3 Å². The molecule has 0 amide bonds. The second-order valence-electron chi connectivity index (χ2n) is 2.64. The SMILES string of the molecule is CC(C)CCCC(=O)Cl. The maximum Gasteiger partial charge on any atom is 0.221 e.